The highest BCUT2D eigenvalue weighted by Gasteiger charge is 2.20. The topological polar surface area (TPSA) is 65.0 Å². The number of carbonyl (C=O) groups excluding carboxylic acids is 1. The van der Waals surface area contributed by atoms with Crippen molar-refractivity contribution < 1.29 is 24.1 Å². The standard InChI is InChI=1S/C29H26O5/c30-26-16-25(33-19-23-12-6-2-7-13-23)17-28(34-20-24-14-8-3-9-15-24)29(26)27(31)21-32-18-22-10-4-1-5-11-22/h1-17,30H,18-21H2. The second-order valence-corrected chi connectivity index (χ2v) is 7.77. The Bertz CT molecular complexity index is 1190. The third-order valence-electron chi connectivity index (χ3n) is 5.16. The molecule has 0 saturated carbocycles. The first kappa shape index (κ1) is 23.1. The summed E-state index contributed by atoms with van der Waals surface area (Å²) in [7, 11) is 0. The molecule has 0 aliphatic carbocycles. The predicted octanol–water partition coefficient (Wildman–Crippen LogP) is 5.95. The van der Waals surface area contributed by atoms with Gasteiger partial charge in [-0.1, -0.05) is 91.0 Å². The van der Waals surface area contributed by atoms with E-state index in [1.807, 2.05) is 91.0 Å². The fourth-order valence-corrected chi connectivity index (χ4v) is 3.44. The largest absolute Gasteiger partial charge is 0.507 e. The first-order valence-corrected chi connectivity index (χ1v) is 11.0. The van der Waals surface area contributed by atoms with Gasteiger partial charge in [0, 0.05) is 12.1 Å². The van der Waals surface area contributed by atoms with E-state index in [1.54, 1.807) is 6.07 Å². The van der Waals surface area contributed by atoms with E-state index in [0.29, 0.717) is 19.0 Å². The summed E-state index contributed by atoms with van der Waals surface area (Å²) in [6, 6.07) is 32.0. The summed E-state index contributed by atoms with van der Waals surface area (Å²) in [5.74, 6) is 0.0828. The Hall–Kier alpha value is -4.09. The highest BCUT2D eigenvalue weighted by atomic mass is 16.5. The van der Waals surface area contributed by atoms with E-state index in [4.69, 9.17) is 14.2 Å². The van der Waals surface area contributed by atoms with Gasteiger partial charge in [0.25, 0.3) is 0 Å². The van der Waals surface area contributed by atoms with Crippen LogP contribution in [0.25, 0.3) is 0 Å². The molecule has 0 radical (unpaired) electrons. The van der Waals surface area contributed by atoms with Crippen LogP contribution in [0.15, 0.2) is 103 Å². The maximum Gasteiger partial charge on any atom is 0.195 e. The van der Waals surface area contributed by atoms with Gasteiger partial charge >= 0.3 is 0 Å². The second kappa shape index (κ2) is 11.7. The molecule has 0 unspecified atom stereocenters. The molecule has 0 bridgehead atoms. The monoisotopic (exact) mass is 454 g/mol. The number of phenols is 1. The number of carbonyl (C=O) groups is 1. The van der Waals surface area contributed by atoms with Crippen molar-refractivity contribution in [3.8, 4) is 17.2 Å². The van der Waals surface area contributed by atoms with Gasteiger partial charge < -0.3 is 19.3 Å². The molecule has 0 spiro atoms. The zero-order valence-electron chi connectivity index (χ0n) is 18.7. The Morgan fingerprint density at radius 2 is 1.15 bits per heavy atom. The summed E-state index contributed by atoms with van der Waals surface area (Å²) < 4.78 is 17.4. The van der Waals surface area contributed by atoms with Crippen LogP contribution in [0.3, 0.4) is 0 Å². The summed E-state index contributed by atoms with van der Waals surface area (Å²) in [6.07, 6.45) is 0. The molecular weight excluding hydrogens is 428 g/mol. The average Bonchev–Trinajstić information content (AvgIpc) is 2.88. The van der Waals surface area contributed by atoms with E-state index >= 15 is 0 Å². The van der Waals surface area contributed by atoms with Crippen LogP contribution < -0.4 is 9.47 Å². The number of hydrogen-bond donors (Lipinski definition) is 1. The van der Waals surface area contributed by atoms with Crippen molar-refractivity contribution in [3.05, 3.63) is 125 Å². The number of rotatable bonds is 11. The summed E-state index contributed by atoms with van der Waals surface area (Å²) >= 11 is 0. The van der Waals surface area contributed by atoms with E-state index < -0.39 is 0 Å². The fraction of sp³-hybridized carbons (Fsp3) is 0.138. The molecule has 4 aromatic carbocycles. The summed E-state index contributed by atoms with van der Waals surface area (Å²) in [5.41, 5.74) is 2.97. The number of phenolic OH excluding ortho intramolecular Hbond substituents is 1. The number of Topliss-reactive ketones (excluding diaryl/α,β-unsaturated/α-hetero) is 1. The second-order valence-electron chi connectivity index (χ2n) is 7.77. The molecule has 5 nitrogen and oxygen atoms in total. The van der Waals surface area contributed by atoms with Crippen LogP contribution >= 0.6 is 0 Å². The molecule has 0 heterocycles. The summed E-state index contributed by atoms with van der Waals surface area (Å²) in [4.78, 5) is 13.0. The molecule has 0 aliphatic heterocycles. The van der Waals surface area contributed by atoms with Crippen LogP contribution in [0.1, 0.15) is 27.0 Å². The third-order valence-corrected chi connectivity index (χ3v) is 5.16. The lowest BCUT2D eigenvalue weighted by Crippen LogP contribution is -2.12. The highest BCUT2D eigenvalue weighted by Crippen LogP contribution is 2.35. The van der Waals surface area contributed by atoms with Gasteiger partial charge in [0.1, 0.15) is 42.6 Å². The Labute approximate surface area is 199 Å². The molecule has 4 rings (SSSR count). The highest BCUT2D eigenvalue weighted by molar-refractivity contribution is 6.02. The smallest absolute Gasteiger partial charge is 0.195 e. The van der Waals surface area contributed by atoms with Crippen molar-refractivity contribution in [2.75, 3.05) is 6.61 Å². The van der Waals surface area contributed by atoms with Crippen molar-refractivity contribution in [2.24, 2.45) is 0 Å². The minimum atomic E-state index is -0.369. The lowest BCUT2D eigenvalue weighted by Gasteiger charge is -2.15. The van der Waals surface area contributed by atoms with Gasteiger partial charge in [-0.2, -0.15) is 0 Å². The molecule has 1 N–H and O–H groups in total. The van der Waals surface area contributed by atoms with Crippen molar-refractivity contribution in [1.29, 1.82) is 0 Å². The number of ether oxygens (including phenoxy) is 3. The Balaban J connectivity index is 1.50. The van der Waals surface area contributed by atoms with Crippen molar-refractivity contribution in [1.82, 2.24) is 0 Å². The van der Waals surface area contributed by atoms with Crippen LogP contribution in [-0.2, 0) is 24.6 Å². The number of hydrogen-bond acceptors (Lipinski definition) is 5. The fourth-order valence-electron chi connectivity index (χ4n) is 3.44. The van der Waals surface area contributed by atoms with Gasteiger partial charge in [-0.3, -0.25) is 4.79 Å². The molecule has 34 heavy (non-hydrogen) atoms. The van der Waals surface area contributed by atoms with Gasteiger partial charge in [-0.25, -0.2) is 0 Å². The Morgan fingerprint density at radius 1 is 0.647 bits per heavy atom. The zero-order chi connectivity index (χ0) is 23.6. The van der Waals surface area contributed by atoms with E-state index in [2.05, 4.69) is 0 Å². The Kier molecular flexibility index (Phi) is 7.93. The van der Waals surface area contributed by atoms with Crippen LogP contribution in [0.5, 0.6) is 17.2 Å². The molecular formula is C29H26O5. The van der Waals surface area contributed by atoms with E-state index in [1.165, 1.54) is 6.07 Å². The molecule has 0 atom stereocenters. The molecule has 0 aromatic heterocycles. The normalized spacial score (nSPS) is 10.6. The SMILES string of the molecule is O=C(COCc1ccccc1)c1c(O)cc(OCc2ccccc2)cc1OCc1ccccc1. The van der Waals surface area contributed by atoms with Gasteiger partial charge in [0.05, 0.1) is 6.61 Å². The third kappa shape index (κ3) is 6.47. The van der Waals surface area contributed by atoms with Gasteiger partial charge in [0.2, 0.25) is 0 Å². The van der Waals surface area contributed by atoms with Crippen LogP contribution in [0.2, 0.25) is 0 Å². The minimum absolute atomic E-state index is 0.0797. The molecule has 0 fully saturated rings. The van der Waals surface area contributed by atoms with Crippen LogP contribution in [0, 0.1) is 0 Å². The average molecular weight is 455 g/mol. The molecule has 0 saturated heterocycles. The van der Waals surface area contributed by atoms with Crippen molar-refractivity contribution in [3.63, 3.8) is 0 Å². The van der Waals surface area contributed by atoms with Crippen LogP contribution in [0.4, 0.5) is 0 Å². The minimum Gasteiger partial charge on any atom is -0.507 e. The lowest BCUT2D eigenvalue weighted by molar-refractivity contribution is 0.0719. The van der Waals surface area contributed by atoms with Gasteiger partial charge in [0.15, 0.2) is 5.78 Å². The lowest BCUT2D eigenvalue weighted by atomic mass is 10.1. The molecule has 0 aliphatic rings. The predicted molar refractivity (Wildman–Crippen MR) is 130 cm³/mol. The number of aromatic hydroxyl groups is 1. The Morgan fingerprint density at radius 3 is 1.71 bits per heavy atom. The maximum absolute atomic E-state index is 13.0. The van der Waals surface area contributed by atoms with E-state index in [-0.39, 0.29) is 36.1 Å². The van der Waals surface area contributed by atoms with E-state index in [0.717, 1.165) is 16.7 Å². The summed E-state index contributed by atoms with van der Waals surface area (Å²) in [5, 5.41) is 10.7. The number of ketones is 1. The molecule has 0 amide bonds. The van der Waals surface area contributed by atoms with Crippen molar-refractivity contribution in [2.45, 2.75) is 19.8 Å². The van der Waals surface area contributed by atoms with Crippen LogP contribution in [-0.4, -0.2) is 17.5 Å². The van der Waals surface area contributed by atoms with Crippen molar-refractivity contribution >= 4 is 5.78 Å². The quantitative estimate of drug-likeness (QED) is 0.284. The van der Waals surface area contributed by atoms with Gasteiger partial charge in [-0.05, 0) is 16.7 Å². The van der Waals surface area contributed by atoms with Gasteiger partial charge in [-0.15, -0.1) is 0 Å². The first-order chi connectivity index (χ1) is 16.7. The first-order valence-electron chi connectivity index (χ1n) is 11.0. The summed E-state index contributed by atoms with van der Waals surface area (Å²) in [6.45, 7) is 0.680. The molecule has 172 valence electrons. The molecule has 4 aromatic rings. The maximum atomic E-state index is 13.0. The molecule has 5 heteroatoms. The number of benzene rings is 4. The van der Waals surface area contributed by atoms with E-state index in [9.17, 15) is 9.90 Å². The zero-order valence-corrected chi connectivity index (χ0v) is 18.7.